The van der Waals surface area contributed by atoms with Gasteiger partial charge in [-0.15, -0.1) is 0 Å². The van der Waals surface area contributed by atoms with Gasteiger partial charge in [0, 0.05) is 81.3 Å². The zero-order valence-corrected chi connectivity index (χ0v) is 26.6. The molecule has 0 bridgehead atoms. The Morgan fingerprint density at radius 3 is 2.35 bits per heavy atom. The number of likely N-dealkylation sites (tertiary alicyclic amines) is 3. The molecule has 3 fully saturated rings. The van der Waals surface area contributed by atoms with Crippen molar-refractivity contribution in [1.29, 1.82) is 0 Å². The number of rotatable bonds is 7. The molecule has 3 aliphatic heterocycles. The zero-order chi connectivity index (χ0) is 30.2. The van der Waals surface area contributed by atoms with E-state index in [-0.39, 0.29) is 23.6 Å². The highest BCUT2D eigenvalue weighted by atomic mass is 35.5. The van der Waals surface area contributed by atoms with Crippen molar-refractivity contribution in [2.24, 2.45) is 17.8 Å². The third-order valence-electron chi connectivity index (χ3n) is 10.3. The Hall–Kier alpha value is -2.84. The highest BCUT2D eigenvalue weighted by Gasteiger charge is 2.43. The van der Waals surface area contributed by atoms with E-state index in [2.05, 4.69) is 9.80 Å². The van der Waals surface area contributed by atoms with E-state index in [0.717, 1.165) is 98.7 Å². The molecule has 1 aromatic carbocycles. The molecule has 3 saturated heterocycles. The standard InChI is InChI=1S/C34H45ClN4O4/c1-22-9-10-28(17-30(22)35)39(33(41)25-11-15-37(16-12-25)24(3)40)14-6-13-36-18-26-20-38(21-27(26)19-36)34(42)32-23(2)43-31-8-5-4-7-29(31)32/h9-10,17,25-27H,4-8,11-16,18-21H2,1-3H3. The van der Waals surface area contributed by atoms with Crippen molar-refractivity contribution in [1.82, 2.24) is 14.7 Å². The second kappa shape index (κ2) is 12.6. The van der Waals surface area contributed by atoms with Gasteiger partial charge in [0.15, 0.2) is 0 Å². The first-order valence-corrected chi connectivity index (χ1v) is 16.5. The van der Waals surface area contributed by atoms with Crippen LogP contribution >= 0.6 is 11.6 Å². The van der Waals surface area contributed by atoms with E-state index < -0.39 is 0 Å². The van der Waals surface area contributed by atoms with Gasteiger partial charge in [-0.3, -0.25) is 14.4 Å². The largest absolute Gasteiger partial charge is 0.465 e. The molecule has 2 aromatic rings. The molecule has 43 heavy (non-hydrogen) atoms. The third-order valence-corrected chi connectivity index (χ3v) is 10.7. The molecule has 0 saturated carbocycles. The van der Waals surface area contributed by atoms with E-state index in [1.807, 2.05) is 41.8 Å². The van der Waals surface area contributed by atoms with Crippen molar-refractivity contribution in [3.05, 3.63) is 51.4 Å². The highest BCUT2D eigenvalue weighted by Crippen LogP contribution is 2.35. The summed E-state index contributed by atoms with van der Waals surface area (Å²) in [5.74, 6) is 3.08. The number of furan rings is 1. The van der Waals surface area contributed by atoms with Crippen molar-refractivity contribution in [2.45, 2.75) is 65.7 Å². The van der Waals surface area contributed by atoms with Crippen LogP contribution in [0.1, 0.15) is 72.0 Å². The number of hydrogen-bond acceptors (Lipinski definition) is 5. The number of benzene rings is 1. The average Bonchev–Trinajstić information content (AvgIpc) is 3.67. The van der Waals surface area contributed by atoms with E-state index in [4.69, 9.17) is 16.0 Å². The fourth-order valence-corrected chi connectivity index (χ4v) is 7.98. The zero-order valence-electron chi connectivity index (χ0n) is 25.9. The summed E-state index contributed by atoms with van der Waals surface area (Å²) in [5.41, 5.74) is 3.83. The van der Waals surface area contributed by atoms with Gasteiger partial charge in [-0.05, 0) is 88.4 Å². The quantitative estimate of drug-likeness (QED) is 0.436. The molecule has 9 heteroatoms. The second-order valence-electron chi connectivity index (χ2n) is 13.2. The Morgan fingerprint density at radius 2 is 1.67 bits per heavy atom. The van der Waals surface area contributed by atoms with E-state index in [0.29, 0.717) is 49.3 Å². The minimum Gasteiger partial charge on any atom is -0.465 e. The SMILES string of the molecule is CC(=O)N1CCC(C(=O)N(CCCN2CC3CN(C(=O)c4c(C)oc5c4CCCC5)CC3C2)c2ccc(C)c(Cl)c2)CC1. The first-order chi connectivity index (χ1) is 20.7. The van der Waals surface area contributed by atoms with Crippen LogP contribution in [-0.4, -0.2) is 84.8 Å². The maximum absolute atomic E-state index is 13.8. The predicted molar refractivity (Wildman–Crippen MR) is 168 cm³/mol. The van der Waals surface area contributed by atoms with Crippen LogP contribution in [0, 0.1) is 31.6 Å². The predicted octanol–water partition coefficient (Wildman–Crippen LogP) is 5.11. The van der Waals surface area contributed by atoms with Crippen LogP contribution in [-0.2, 0) is 22.4 Å². The Labute approximate surface area is 260 Å². The van der Waals surface area contributed by atoms with Crippen molar-refractivity contribution in [3.8, 4) is 0 Å². The van der Waals surface area contributed by atoms with Gasteiger partial charge in [0.25, 0.3) is 5.91 Å². The van der Waals surface area contributed by atoms with Crippen molar-refractivity contribution >= 4 is 35.0 Å². The van der Waals surface area contributed by atoms with Crippen LogP contribution in [0.15, 0.2) is 22.6 Å². The molecule has 0 radical (unpaired) electrons. The van der Waals surface area contributed by atoms with E-state index in [1.165, 1.54) is 0 Å². The smallest absolute Gasteiger partial charge is 0.257 e. The lowest BCUT2D eigenvalue weighted by atomic mass is 9.94. The Balaban J connectivity index is 1.04. The molecule has 0 N–H and O–H groups in total. The fourth-order valence-electron chi connectivity index (χ4n) is 7.81. The lowest BCUT2D eigenvalue weighted by molar-refractivity contribution is -0.133. The number of halogens is 1. The first kappa shape index (κ1) is 30.2. The number of piperidine rings is 1. The van der Waals surface area contributed by atoms with Gasteiger partial charge < -0.3 is 24.0 Å². The molecular formula is C34H45ClN4O4. The Bertz CT molecular complexity index is 1370. The van der Waals surface area contributed by atoms with E-state index in [1.54, 1.807) is 6.92 Å². The van der Waals surface area contributed by atoms with Crippen LogP contribution < -0.4 is 4.90 Å². The highest BCUT2D eigenvalue weighted by molar-refractivity contribution is 6.31. The molecule has 0 spiro atoms. The number of carbonyl (C=O) groups excluding carboxylic acids is 3. The van der Waals surface area contributed by atoms with Gasteiger partial charge in [-0.1, -0.05) is 17.7 Å². The van der Waals surface area contributed by atoms with Gasteiger partial charge in [-0.2, -0.15) is 0 Å². The topological polar surface area (TPSA) is 77.3 Å². The van der Waals surface area contributed by atoms with Gasteiger partial charge in [0.1, 0.15) is 11.5 Å². The Morgan fingerprint density at radius 1 is 0.977 bits per heavy atom. The minimum atomic E-state index is -0.0881. The summed E-state index contributed by atoms with van der Waals surface area (Å²) in [6, 6.07) is 5.88. The van der Waals surface area contributed by atoms with Crippen LogP contribution in [0.25, 0.3) is 0 Å². The average molecular weight is 609 g/mol. The Kier molecular flexibility index (Phi) is 8.88. The summed E-state index contributed by atoms with van der Waals surface area (Å²) in [5, 5.41) is 0.666. The third kappa shape index (κ3) is 6.23. The molecule has 1 aromatic heterocycles. The molecule has 2 atom stereocenters. The van der Waals surface area contributed by atoms with Crippen molar-refractivity contribution in [3.63, 3.8) is 0 Å². The van der Waals surface area contributed by atoms with Crippen molar-refractivity contribution in [2.75, 3.05) is 57.3 Å². The number of anilines is 1. The normalized spacial score (nSPS) is 22.5. The molecule has 4 aliphatic rings. The monoisotopic (exact) mass is 608 g/mol. The fraction of sp³-hybridized carbons (Fsp3) is 0.618. The summed E-state index contributed by atoms with van der Waals surface area (Å²) in [6.45, 7) is 11.9. The van der Waals surface area contributed by atoms with E-state index in [9.17, 15) is 14.4 Å². The van der Waals surface area contributed by atoms with Gasteiger partial charge >= 0.3 is 0 Å². The molecule has 3 amide bonds. The minimum absolute atomic E-state index is 0.0754. The summed E-state index contributed by atoms with van der Waals surface area (Å²) in [4.78, 5) is 47.5. The lowest BCUT2D eigenvalue weighted by Crippen LogP contribution is -2.44. The summed E-state index contributed by atoms with van der Waals surface area (Å²) < 4.78 is 6.00. The molecular weight excluding hydrogens is 564 g/mol. The maximum Gasteiger partial charge on any atom is 0.257 e. The molecule has 6 rings (SSSR count). The number of hydrogen-bond donors (Lipinski definition) is 0. The molecule has 8 nitrogen and oxygen atoms in total. The first-order valence-electron chi connectivity index (χ1n) is 16.2. The van der Waals surface area contributed by atoms with Gasteiger partial charge in [0.2, 0.25) is 11.8 Å². The molecule has 4 heterocycles. The van der Waals surface area contributed by atoms with Gasteiger partial charge in [0.05, 0.1) is 5.56 Å². The number of amides is 3. The summed E-state index contributed by atoms with van der Waals surface area (Å²) >= 11 is 6.48. The number of carbonyl (C=O) groups is 3. The summed E-state index contributed by atoms with van der Waals surface area (Å²) in [6.07, 6.45) is 6.43. The lowest BCUT2D eigenvalue weighted by Gasteiger charge is -2.34. The van der Waals surface area contributed by atoms with Crippen LogP contribution in [0.2, 0.25) is 5.02 Å². The molecule has 1 aliphatic carbocycles. The van der Waals surface area contributed by atoms with Crippen LogP contribution in [0.5, 0.6) is 0 Å². The van der Waals surface area contributed by atoms with Crippen LogP contribution in [0.4, 0.5) is 5.69 Å². The number of aryl methyl sites for hydroxylation is 3. The summed E-state index contributed by atoms with van der Waals surface area (Å²) in [7, 11) is 0. The number of nitrogens with zero attached hydrogens (tertiary/aromatic N) is 4. The van der Waals surface area contributed by atoms with Gasteiger partial charge in [-0.25, -0.2) is 0 Å². The van der Waals surface area contributed by atoms with E-state index >= 15 is 0 Å². The number of fused-ring (bicyclic) bond motifs is 2. The van der Waals surface area contributed by atoms with Crippen LogP contribution in [0.3, 0.4) is 0 Å². The maximum atomic E-state index is 13.8. The molecule has 2 unspecified atom stereocenters. The molecule has 232 valence electrons. The van der Waals surface area contributed by atoms with Crippen molar-refractivity contribution < 1.29 is 18.8 Å². The second-order valence-corrected chi connectivity index (χ2v) is 13.6.